The minimum absolute atomic E-state index is 0.0650. The van der Waals surface area contributed by atoms with Gasteiger partial charge in [0.1, 0.15) is 0 Å². The summed E-state index contributed by atoms with van der Waals surface area (Å²) in [6, 6.07) is 0. The highest BCUT2D eigenvalue weighted by Crippen LogP contribution is 2.37. The molecule has 0 rings (SSSR count). The zero-order valence-electron chi connectivity index (χ0n) is 13.1. The third-order valence-electron chi connectivity index (χ3n) is 4.35. The van der Waals surface area contributed by atoms with Crippen molar-refractivity contribution in [1.82, 2.24) is 0 Å². The summed E-state index contributed by atoms with van der Waals surface area (Å²) in [4.78, 5) is 0. The molecule has 0 heterocycles. The zero-order chi connectivity index (χ0) is 14.6. The van der Waals surface area contributed by atoms with Gasteiger partial charge in [-0.2, -0.15) is 0 Å². The van der Waals surface area contributed by atoms with E-state index >= 15 is 0 Å². The quantitative estimate of drug-likeness (QED) is 0.199. The molecule has 0 aliphatic rings. The van der Waals surface area contributed by atoms with E-state index in [0.29, 0.717) is 5.92 Å². The second-order valence-electron chi connectivity index (χ2n) is 5.86. The van der Waals surface area contributed by atoms with Gasteiger partial charge in [-0.05, 0) is 25.2 Å². The number of hydrogen-bond donors (Lipinski definition) is 0. The van der Waals surface area contributed by atoms with Crippen LogP contribution in [0.15, 0.2) is 25.3 Å². The predicted molar refractivity (Wildman–Crippen MR) is 89.9 cm³/mol. The molecule has 112 valence electrons. The monoisotopic (exact) mass is 284 g/mol. The Morgan fingerprint density at radius 2 is 1.47 bits per heavy atom. The van der Waals surface area contributed by atoms with Crippen LogP contribution in [0.25, 0.3) is 0 Å². The number of hydrogen-bond acceptors (Lipinski definition) is 0. The Morgan fingerprint density at radius 3 is 2.00 bits per heavy atom. The van der Waals surface area contributed by atoms with Gasteiger partial charge in [-0.15, -0.1) is 24.8 Å². The molecule has 0 aromatic rings. The number of halogens is 1. The Morgan fingerprint density at radius 1 is 0.947 bits per heavy atom. The van der Waals surface area contributed by atoms with Gasteiger partial charge in [-0.1, -0.05) is 64.5 Å². The van der Waals surface area contributed by atoms with Crippen molar-refractivity contribution >= 4 is 11.6 Å². The fourth-order valence-electron chi connectivity index (χ4n) is 2.68. The van der Waals surface area contributed by atoms with Gasteiger partial charge in [0.2, 0.25) is 0 Å². The van der Waals surface area contributed by atoms with Gasteiger partial charge < -0.3 is 0 Å². The Hall–Kier alpha value is -0.230. The van der Waals surface area contributed by atoms with E-state index in [2.05, 4.69) is 39.2 Å². The summed E-state index contributed by atoms with van der Waals surface area (Å²) in [5, 5.41) is 0. The van der Waals surface area contributed by atoms with Crippen LogP contribution >= 0.6 is 11.6 Å². The summed E-state index contributed by atoms with van der Waals surface area (Å²) in [6.45, 7) is 12.5. The smallest absolute Gasteiger partial charge is 0.0223 e. The molecule has 0 aromatic heterocycles. The molecular formula is C18H33Cl. The van der Waals surface area contributed by atoms with Crippen LogP contribution in [0.3, 0.4) is 0 Å². The van der Waals surface area contributed by atoms with Crippen LogP contribution in [0.5, 0.6) is 0 Å². The SMILES string of the molecule is C=CC(C)(C=C)C(CCCCl)CCCCCCCC. The average molecular weight is 285 g/mol. The molecule has 0 saturated heterocycles. The average Bonchev–Trinajstić information content (AvgIpc) is 2.45. The van der Waals surface area contributed by atoms with Crippen molar-refractivity contribution in [1.29, 1.82) is 0 Å². The summed E-state index contributed by atoms with van der Waals surface area (Å²) in [5.41, 5.74) is 0.0650. The van der Waals surface area contributed by atoms with Crippen molar-refractivity contribution < 1.29 is 0 Å². The van der Waals surface area contributed by atoms with Crippen molar-refractivity contribution in [3.8, 4) is 0 Å². The molecule has 1 heteroatoms. The van der Waals surface area contributed by atoms with Gasteiger partial charge >= 0.3 is 0 Å². The molecule has 0 aliphatic heterocycles. The molecule has 0 amide bonds. The van der Waals surface area contributed by atoms with Gasteiger partial charge in [-0.3, -0.25) is 0 Å². The molecule has 19 heavy (non-hydrogen) atoms. The van der Waals surface area contributed by atoms with Crippen LogP contribution in [0, 0.1) is 11.3 Å². The maximum absolute atomic E-state index is 5.85. The van der Waals surface area contributed by atoms with E-state index in [0.717, 1.165) is 12.3 Å². The normalized spacial score (nSPS) is 13.2. The maximum Gasteiger partial charge on any atom is 0.0223 e. The van der Waals surface area contributed by atoms with Crippen LogP contribution in [0.2, 0.25) is 0 Å². The first-order valence-electron chi connectivity index (χ1n) is 7.97. The lowest BCUT2D eigenvalue weighted by atomic mass is 9.72. The van der Waals surface area contributed by atoms with Crippen LogP contribution in [0.1, 0.15) is 71.6 Å². The lowest BCUT2D eigenvalue weighted by Gasteiger charge is -2.32. The van der Waals surface area contributed by atoms with Crippen molar-refractivity contribution in [2.24, 2.45) is 11.3 Å². The number of allylic oxidation sites excluding steroid dienone is 2. The van der Waals surface area contributed by atoms with Crippen molar-refractivity contribution in [3.05, 3.63) is 25.3 Å². The third-order valence-corrected chi connectivity index (χ3v) is 4.62. The highest BCUT2D eigenvalue weighted by Gasteiger charge is 2.27. The Kier molecular flexibility index (Phi) is 11.4. The molecule has 0 bridgehead atoms. The Bertz CT molecular complexity index is 224. The van der Waals surface area contributed by atoms with E-state index in [1.165, 1.54) is 51.4 Å². The summed E-state index contributed by atoms with van der Waals surface area (Å²) in [6.07, 6.45) is 15.9. The summed E-state index contributed by atoms with van der Waals surface area (Å²) in [7, 11) is 0. The van der Waals surface area contributed by atoms with Crippen molar-refractivity contribution in [3.63, 3.8) is 0 Å². The molecule has 0 N–H and O–H groups in total. The Balaban J connectivity index is 4.13. The Labute approximate surface area is 126 Å². The van der Waals surface area contributed by atoms with Crippen molar-refractivity contribution in [2.75, 3.05) is 5.88 Å². The van der Waals surface area contributed by atoms with Crippen LogP contribution in [-0.4, -0.2) is 5.88 Å². The second kappa shape index (κ2) is 11.6. The molecular weight excluding hydrogens is 252 g/mol. The molecule has 0 aliphatic carbocycles. The lowest BCUT2D eigenvalue weighted by molar-refractivity contribution is 0.274. The summed E-state index contributed by atoms with van der Waals surface area (Å²) in [5.74, 6) is 1.41. The lowest BCUT2D eigenvalue weighted by Crippen LogP contribution is -2.23. The first-order chi connectivity index (χ1) is 9.14. The van der Waals surface area contributed by atoms with Crippen LogP contribution in [-0.2, 0) is 0 Å². The van der Waals surface area contributed by atoms with E-state index in [1.807, 2.05) is 0 Å². The minimum atomic E-state index is 0.0650. The van der Waals surface area contributed by atoms with E-state index in [-0.39, 0.29) is 5.41 Å². The van der Waals surface area contributed by atoms with Gasteiger partial charge in [0.15, 0.2) is 0 Å². The van der Waals surface area contributed by atoms with Crippen LogP contribution in [0.4, 0.5) is 0 Å². The predicted octanol–water partition coefficient (Wildman–Crippen LogP) is 6.75. The molecule has 0 fully saturated rings. The number of rotatable bonds is 13. The fourth-order valence-corrected chi connectivity index (χ4v) is 2.83. The van der Waals surface area contributed by atoms with E-state index < -0.39 is 0 Å². The molecule has 0 aromatic carbocycles. The van der Waals surface area contributed by atoms with E-state index in [1.54, 1.807) is 0 Å². The highest BCUT2D eigenvalue weighted by molar-refractivity contribution is 6.17. The van der Waals surface area contributed by atoms with E-state index in [9.17, 15) is 0 Å². The van der Waals surface area contributed by atoms with Gasteiger partial charge in [0.25, 0.3) is 0 Å². The molecule has 0 saturated carbocycles. The summed E-state index contributed by atoms with van der Waals surface area (Å²) < 4.78 is 0. The van der Waals surface area contributed by atoms with Gasteiger partial charge in [-0.25, -0.2) is 0 Å². The van der Waals surface area contributed by atoms with Gasteiger partial charge in [0.05, 0.1) is 0 Å². The molecule has 0 spiro atoms. The number of alkyl halides is 1. The van der Waals surface area contributed by atoms with Crippen molar-refractivity contribution in [2.45, 2.75) is 71.6 Å². The first-order valence-corrected chi connectivity index (χ1v) is 8.51. The second-order valence-corrected chi connectivity index (χ2v) is 6.24. The van der Waals surface area contributed by atoms with E-state index in [4.69, 9.17) is 11.6 Å². The summed E-state index contributed by atoms with van der Waals surface area (Å²) >= 11 is 5.85. The highest BCUT2D eigenvalue weighted by atomic mass is 35.5. The van der Waals surface area contributed by atoms with Crippen LogP contribution < -0.4 is 0 Å². The molecule has 0 radical (unpaired) electrons. The maximum atomic E-state index is 5.85. The third kappa shape index (κ3) is 7.82. The topological polar surface area (TPSA) is 0 Å². The largest absolute Gasteiger partial charge is 0.127 e. The zero-order valence-corrected chi connectivity index (χ0v) is 13.9. The number of unbranched alkanes of at least 4 members (excludes halogenated alkanes) is 5. The molecule has 1 atom stereocenters. The fraction of sp³-hybridized carbons (Fsp3) is 0.778. The first kappa shape index (κ1) is 18.8. The standard InChI is InChI=1S/C18H33Cl/c1-5-8-9-10-11-12-14-17(15-13-16-19)18(4,6-2)7-3/h6-7,17H,2-3,5,8-16H2,1,4H3. The minimum Gasteiger partial charge on any atom is -0.127 e. The molecule has 1 unspecified atom stereocenters. The molecule has 0 nitrogen and oxygen atoms in total. The van der Waals surface area contributed by atoms with Gasteiger partial charge in [0, 0.05) is 11.3 Å².